The molecule has 0 atom stereocenters. The van der Waals surface area contributed by atoms with E-state index >= 15 is 0 Å². The van der Waals surface area contributed by atoms with Crippen LogP contribution in [0.3, 0.4) is 0 Å². The van der Waals surface area contributed by atoms with Gasteiger partial charge in [-0.1, -0.05) is 35.0 Å². The molecule has 1 N–H and O–H groups in total. The highest BCUT2D eigenvalue weighted by molar-refractivity contribution is 9.10. The number of rotatable bonds is 10. The van der Waals surface area contributed by atoms with Gasteiger partial charge in [0.2, 0.25) is 0 Å². The van der Waals surface area contributed by atoms with Crippen LogP contribution in [0.2, 0.25) is 0 Å². The minimum atomic E-state index is -0.588. The Morgan fingerprint density at radius 1 is 0.943 bits per heavy atom. The Morgan fingerprint density at radius 2 is 1.66 bits per heavy atom. The summed E-state index contributed by atoms with van der Waals surface area (Å²) in [5.74, 6) is 0.744. The first kappa shape index (κ1) is 25.8. The van der Waals surface area contributed by atoms with Crippen molar-refractivity contribution in [3.63, 3.8) is 0 Å². The fourth-order valence-electron chi connectivity index (χ4n) is 3.01. The van der Waals surface area contributed by atoms with Crippen LogP contribution in [0.15, 0.2) is 70.2 Å². The minimum Gasteiger partial charge on any atom is -0.493 e. The Balaban J connectivity index is 1.63. The van der Waals surface area contributed by atoms with E-state index in [2.05, 4.69) is 33.4 Å². The van der Waals surface area contributed by atoms with Gasteiger partial charge in [-0.15, -0.1) is 0 Å². The summed E-state index contributed by atoms with van der Waals surface area (Å²) in [6.45, 7) is 1.87. The number of carbonyl (C=O) groups excluding carboxylic acids is 2. The van der Waals surface area contributed by atoms with Crippen LogP contribution in [-0.2, 0) is 11.2 Å². The Bertz CT molecular complexity index is 1210. The molecule has 9 heteroatoms. The molecule has 0 aliphatic heterocycles. The third kappa shape index (κ3) is 7.31. The minimum absolute atomic E-state index is 0.192. The zero-order valence-corrected chi connectivity index (χ0v) is 21.1. The van der Waals surface area contributed by atoms with E-state index in [9.17, 15) is 9.59 Å². The molecule has 3 aromatic carbocycles. The van der Waals surface area contributed by atoms with Crippen LogP contribution in [0.4, 0.5) is 0 Å². The zero-order chi connectivity index (χ0) is 25.2. The Morgan fingerprint density at radius 3 is 2.34 bits per heavy atom. The number of amides is 1. The van der Waals surface area contributed by atoms with Crippen molar-refractivity contribution in [2.24, 2.45) is 5.10 Å². The SMILES string of the molecule is CCc1ccc(OCC(=O)N/N=C/c2cc(Br)ccc2OC(=O)c2ccc(OC)c(OC)c2)cc1. The third-order valence-electron chi connectivity index (χ3n) is 4.89. The van der Waals surface area contributed by atoms with Crippen molar-refractivity contribution in [2.75, 3.05) is 20.8 Å². The van der Waals surface area contributed by atoms with Crippen molar-refractivity contribution >= 4 is 34.0 Å². The lowest BCUT2D eigenvalue weighted by atomic mass is 10.2. The highest BCUT2D eigenvalue weighted by Gasteiger charge is 2.15. The van der Waals surface area contributed by atoms with Crippen LogP contribution >= 0.6 is 15.9 Å². The van der Waals surface area contributed by atoms with E-state index in [0.29, 0.717) is 22.8 Å². The van der Waals surface area contributed by atoms with E-state index in [1.807, 2.05) is 24.3 Å². The van der Waals surface area contributed by atoms with Gasteiger partial charge < -0.3 is 18.9 Å². The van der Waals surface area contributed by atoms with Crippen molar-refractivity contribution in [1.82, 2.24) is 5.43 Å². The summed E-state index contributed by atoms with van der Waals surface area (Å²) in [4.78, 5) is 24.8. The predicted molar refractivity (Wildman–Crippen MR) is 136 cm³/mol. The monoisotopic (exact) mass is 540 g/mol. The summed E-state index contributed by atoms with van der Waals surface area (Å²) in [6.07, 6.45) is 2.31. The quantitative estimate of drug-likeness (QED) is 0.172. The van der Waals surface area contributed by atoms with Gasteiger partial charge >= 0.3 is 5.97 Å². The van der Waals surface area contributed by atoms with Gasteiger partial charge in [0.05, 0.1) is 26.0 Å². The molecular formula is C26H25BrN2O6. The first-order valence-electron chi connectivity index (χ1n) is 10.7. The number of nitrogens with one attached hydrogen (secondary N) is 1. The molecule has 0 saturated heterocycles. The van der Waals surface area contributed by atoms with Gasteiger partial charge in [0.15, 0.2) is 18.1 Å². The number of benzene rings is 3. The molecule has 0 bridgehead atoms. The Kier molecular flexibility index (Phi) is 9.25. The molecule has 0 fully saturated rings. The molecule has 0 aliphatic carbocycles. The highest BCUT2D eigenvalue weighted by atomic mass is 79.9. The molecule has 0 unspecified atom stereocenters. The van der Waals surface area contributed by atoms with Crippen molar-refractivity contribution in [2.45, 2.75) is 13.3 Å². The van der Waals surface area contributed by atoms with Gasteiger partial charge in [-0.3, -0.25) is 4.79 Å². The number of aryl methyl sites for hydroxylation is 1. The van der Waals surface area contributed by atoms with Gasteiger partial charge in [-0.05, 0) is 60.5 Å². The maximum Gasteiger partial charge on any atom is 0.343 e. The highest BCUT2D eigenvalue weighted by Crippen LogP contribution is 2.29. The molecule has 182 valence electrons. The molecule has 8 nitrogen and oxygen atoms in total. The molecule has 0 saturated carbocycles. The summed E-state index contributed by atoms with van der Waals surface area (Å²) in [6, 6.07) is 17.3. The van der Waals surface area contributed by atoms with E-state index in [1.165, 1.54) is 32.1 Å². The summed E-state index contributed by atoms with van der Waals surface area (Å²) in [5, 5.41) is 3.96. The maximum absolute atomic E-state index is 12.7. The molecule has 35 heavy (non-hydrogen) atoms. The Hall–Kier alpha value is -3.85. The molecular weight excluding hydrogens is 516 g/mol. The van der Waals surface area contributed by atoms with Crippen LogP contribution in [0.5, 0.6) is 23.0 Å². The van der Waals surface area contributed by atoms with Gasteiger partial charge in [-0.2, -0.15) is 5.10 Å². The summed E-state index contributed by atoms with van der Waals surface area (Å²) >= 11 is 3.38. The largest absolute Gasteiger partial charge is 0.493 e. The predicted octanol–water partition coefficient (Wildman–Crippen LogP) is 4.78. The smallest absolute Gasteiger partial charge is 0.343 e. The number of carbonyl (C=O) groups is 2. The average Bonchev–Trinajstić information content (AvgIpc) is 2.88. The van der Waals surface area contributed by atoms with Crippen LogP contribution in [0.25, 0.3) is 0 Å². The van der Waals surface area contributed by atoms with Crippen LogP contribution in [0, 0.1) is 0 Å². The second-order valence-corrected chi connectivity index (χ2v) is 8.14. The Labute approximate surface area is 212 Å². The van der Waals surface area contributed by atoms with Crippen LogP contribution < -0.4 is 24.4 Å². The maximum atomic E-state index is 12.7. The molecule has 0 aromatic heterocycles. The molecule has 0 radical (unpaired) electrons. The lowest BCUT2D eigenvalue weighted by Crippen LogP contribution is -2.24. The third-order valence-corrected chi connectivity index (χ3v) is 5.38. The average molecular weight is 541 g/mol. The molecule has 3 rings (SSSR count). The van der Waals surface area contributed by atoms with Crippen molar-refractivity contribution < 1.29 is 28.5 Å². The van der Waals surface area contributed by atoms with E-state index < -0.39 is 11.9 Å². The first-order valence-corrected chi connectivity index (χ1v) is 11.5. The molecule has 0 heterocycles. The zero-order valence-electron chi connectivity index (χ0n) is 19.5. The van der Waals surface area contributed by atoms with Crippen LogP contribution in [-0.4, -0.2) is 38.9 Å². The van der Waals surface area contributed by atoms with Crippen LogP contribution in [0.1, 0.15) is 28.4 Å². The second kappa shape index (κ2) is 12.6. The van der Waals surface area contributed by atoms with E-state index in [1.54, 1.807) is 30.3 Å². The summed E-state index contributed by atoms with van der Waals surface area (Å²) in [5.41, 5.74) is 4.35. The van der Waals surface area contributed by atoms with E-state index in [0.717, 1.165) is 10.9 Å². The number of nitrogens with zero attached hydrogens (tertiary/aromatic N) is 1. The topological polar surface area (TPSA) is 95.5 Å². The molecule has 1 amide bonds. The standard InChI is InChI=1S/C26H25BrN2O6/c1-4-17-5-9-21(10-6-17)34-16-25(30)29-28-15-19-13-20(27)8-12-22(19)35-26(31)18-7-11-23(32-2)24(14-18)33-3/h5-15H,4,16H2,1-3H3,(H,29,30)/b28-15+. The second-order valence-electron chi connectivity index (χ2n) is 7.22. The normalized spacial score (nSPS) is 10.6. The van der Waals surface area contributed by atoms with E-state index in [-0.39, 0.29) is 17.9 Å². The molecule has 0 spiro atoms. The number of esters is 1. The van der Waals surface area contributed by atoms with Gasteiger partial charge in [0, 0.05) is 10.0 Å². The number of hydrazone groups is 1. The number of methoxy groups -OCH3 is 2. The molecule has 3 aromatic rings. The fourth-order valence-corrected chi connectivity index (χ4v) is 3.39. The fraction of sp³-hybridized carbons (Fsp3) is 0.192. The number of halogens is 1. The number of hydrogen-bond donors (Lipinski definition) is 1. The molecule has 0 aliphatic rings. The van der Waals surface area contributed by atoms with Gasteiger partial charge in [0.1, 0.15) is 11.5 Å². The lowest BCUT2D eigenvalue weighted by molar-refractivity contribution is -0.123. The lowest BCUT2D eigenvalue weighted by Gasteiger charge is -2.11. The summed E-state index contributed by atoms with van der Waals surface area (Å²) < 4.78 is 22.2. The van der Waals surface area contributed by atoms with Gasteiger partial charge in [-0.25, -0.2) is 10.2 Å². The number of hydrogen-bond acceptors (Lipinski definition) is 7. The number of ether oxygens (including phenoxy) is 4. The summed E-state index contributed by atoms with van der Waals surface area (Å²) in [7, 11) is 3.00. The van der Waals surface area contributed by atoms with Crippen molar-refractivity contribution in [3.8, 4) is 23.0 Å². The van der Waals surface area contributed by atoms with Crippen molar-refractivity contribution in [3.05, 3.63) is 81.8 Å². The van der Waals surface area contributed by atoms with Crippen molar-refractivity contribution in [1.29, 1.82) is 0 Å². The van der Waals surface area contributed by atoms with E-state index in [4.69, 9.17) is 18.9 Å². The first-order chi connectivity index (χ1) is 16.9. The van der Waals surface area contributed by atoms with Gasteiger partial charge in [0.25, 0.3) is 5.91 Å².